The van der Waals surface area contributed by atoms with Crippen molar-refractivity contribution in [2.45, 2.75) is 7.47 Å². The van der Waals surface area contributed by atoms with E-state index in [9.17, 15) is 0 Å². The Morgan fingerprint density at radius 3 is 1.38 bits per heavy atom. The van der Waals surface area contributed by atoms with Crippen LogP contribution in [0.4, 0.5) is 0 Å². The van der Waals surface area contributed by atoms with Crippen molar-refractivity contribution in [1.82, 2.24) is 0 Å². The molecule has 0 aliphatic rings. The third-order valence-electron chi connectivity index (χ3n) is 4.01. The largest absolute Gasteiger partial charge is 0.0952 e. The fraction of sp³-hybridized carbons (Fsp3) is 0.100. The Morgan fingerprint density at radius 1 is 0.615 bits per heavy atom. The molecule has 26 heavy (non-hydrogen) atoms. The summed E-state index contributed by atoms with van der Waals surface area (Å²) in [5, 5.41) is 0. The Morgan fingerprint density at radius 2 is 1.00 bits per heavy atom. The minimum Gasteiger partial charge on any atom is -0.0712 e. The van der Waals surface area contributed by atoms with Gasteiger partial charge in [-0.15, -0.1) is 0 Å². The van der Waals surface area contributed by atoms with Crippen LogP contribution >= 0.6 is 102 Å². The van der Waals surface area contributed by atoms with Crippen molar-refractivity contribution in [3.05, 3.63) is 79.8 Å². The van der Waals surface area contributed by atoms with E-state index in [1.54, 1.807) is 0 Å². The first-order chi connectivity index (χ1) is 12.4. The van der Waals surface area contributed by atoms with Gasteiger partial charge in [0, 0.05) is 8.04 Å². The van der Waals surface area contributed by atoms with Crippen molar-refractivity contribution < 1.29 is 0 Å². The van der Waals surface area contributed by atoms with Crippen LogP contribution < -0.4 is 0 Å². The number of hydrogen-bond acceptors (Lipinski definition) is 0. The van der Waals surface area contributed by atoms with E-state index in [2.05, 4.69) is 163 Å². The predicted molar refractivity (Wildman–Crippen MR) is 139 cm³/mol. The number of halogens is 6. The van der Waals surface area contributed by atoms with Crippen LogP contribution in [-0.4, -0.2) is 0 Å². The highest BCUT2D eigenvalue weighted by Gasteiger charge is 2.18. The lowest BCUT2D eigenvalue weighted by molar-refractivity contribution is 1.39. The lowest BCUT2D eigenvalue weighted by atomic mass is 9.94. The van der Waals surface area contributed by atoms with Crippen molar-refractivity contribution in [3.8, 4) is 22.3 Å². The van der Waals surface area contributed by atoms with E-state index in [0.29, 0.717) is 0 Å². The highest BCUT2D eigenvalue weighted by Crippen LogP contribution is 2.44. The molecule has 3 rings (SSSR count). The summed E-state index contributed by atoms with van der Waals surface area (Å²) >= 11 is 20.8. The lowest BCUT2D eigenvalue weighted by Crippen LogP contribution is -1.95. The fourth-order valence-corrected chi connectivity index (χ4v) is 5.79. The van der Waals surface area contributed by atoms with E-state index in [4.69, 9.17) is 0 Å². The standard InChI is InChI=1S/C20H12Br5I/c21-11-9-16(12-5-1-3-7-14(12)19(22)23)18(26)17(10-11)13-6-2-4-8-15(13)20(24)25/h1-10,19-20H. The maximum Gasteiger partial charge on any atom is 0.0952 e. The first-order valence-electron chi connectivity index (χ1n) is 7.64. The molecule has 0 radical (unpaired) electrons. The molecular formula is C20H12Br5I. The van der Waals surface area contributed by atoms with Gasteiger partial charge in [-0.2, -0.15) is 0 Å². The smallest absolute Gasteiger partial charge is 0.0712 e. The van der Waals surface area contributed by atoms with Gasteiger partial charge in [0.15, 0.2) is 0 Å². The zero-order valence-corrected chi connectivity index (χ0v) is 23.3. The second kappa shape index (κ2) is 9.53. The van der Waals surface area contributed by atoms with Gasteiger partial charge in [0.1, 0.15) is 0 Å². The molecule has 0 saturated heterocycles. The van der Waals surface area contributed by atoms with E-state index >= 15 is 0 Å². The van der Waals surface area contributed by atoms with Gasteiger partial charge in [-0.3, -0.25) is 0 Å². The van der Waals surface area contributed by atoms with Crippen molar-refractivity contribution in [2.24, 2.45) is 0 Å². The fourth-order valence-electron chi connectivity index (χ4n) is 2.85. The van der Waals surface area contributed by atoms with Crippen LogP contribution in [0, 0.1) is 3.57 Å². The van der Waals surface area contributed by atoms with E-state index in [1.807, 2.05) is 0 Å². The Bertz CT molecular complexity index is 864. The summed E-state index contributed by atoms with van der Waals surface area (Å²) in [5.74, 6) is 0. The summed E-state index contributed by atoms with van der Waals surface area (Å²) in [6.45, 7) is 0. The summed E-state index contributed by atoms with van der Waals surface area (Å²) in [6.07, 6.45) is 0. The summed E-state index contributed by atoms with van der Waals surface area (Å²) in [7, 11) is 0. The Hall–Kier alpha value is 0.790. The Kier molecular flexibility index (Phi) is 7.88. The molecule has 0 aromatic heterocycles. The van der Waals surface area contributed by atoms with Gasteiger partial charge in [0.05, 0.1) is 7.47 Å². The molecule has 0 heterocycles. The third-order valence-corrected chi connectivity index (χ3v) is 7.60. The monoisotopic (exact) mass is 774 g/mol. The van der Waals surface area contributed by atoms with Gasteiger partial charge < -0.3 is 0 Å². The molecule has 3 aromatic rings. The summed E-state index contributed by atoms with van der Waals surface area (Å²) in [6, 6.07) is 21.3. The minimum atomic E-state index is 0.103. The summed E-state index contributed by atoms with van der Waals surface area (Å²) < 4.78 is 2.50. The average Bonchev–Trinajstić information content (AvgIpc) is 2.63. The van der Waals surface area contributed by atoms with Crippen LogP contribution in [0.3, 0.4) is 0 Å². The predicted octanol–water partition coefficient (Wildman–Crippen LogP) is 9.96. The number of rotatable bonds is 4. The van der Waals surface area contributed by atoms with Crippen molar-refractivity contribution >= 4 is 102 Å². The zero-order valence-electron chi connectivity index (χ0n) is 13.2. The molecule has 0 amide bonds. The summed E-state index contributed by atoms with van der Waals surface area (Å²) in [5.41, 5.74) is 7.27. The molecule has 6 heteroatoms. The van der Waals surface area contributed by atoms with Gasteiger partial charge >= 0.3 is 0 Å². The average molecular weight is 779 g/mol. The molecule has 0 unspecified atom stereocenters. The first-order valence-corrected chi connectivity index (χ1v) is 13.2. The van der Waals surface area contributed by atoms with E-state index in [0.717, 1.165) is 4.47 Å². The quantitative estimate of drug-likeness (QED) is 0.183. The van der Waals surface area contributed by atoms with E-state index in [1.165, 1.54) is 37.0 Å². The Balaban J connectivity index is 2.28. The van der Waals surface area contributed by atoms with Crippen LogP contribution in [-0.2, 0) is 0 Å². The molecule has 0 N–H and O–H groups in total. The molecule has 0 fully saturated rings. The van der Waals surface area contributed by atoms with Gasteiger partial charge in [0.25, 0.3) is 0 Å². The molecule has 0 spiro atoms. The van der Waals surface area contributed by atoms with Crippen LogP contribution in [0.25, 0.3) is 22.3 Å². The van der Waals surface area contributed by atoms with E-state index in [-0.39, 0.29) is 7.47 Å². The second-order valence-electron chi connectivity index (χ2n) is 5.59. The number of hydrogen-bond donors (Lipinski definition) is 0. The number of benzene rings is 3. The topological polar surface area (TPSA) is 0 Å². The van der Waals surface area contributed by atoms with Gasteiger partial charge in [0.2, 0.25) is 0 Å². The normalized spacial score (nSPS) is 11.4. The Labute approximate surface area is 209 Å². The molecule has 0 saturated carbocycles. The molecular weight excluding hydrogens is 767 g/mol. The first kappa shape index (κ1) is 21.5. The zero-order chi connectivity index (χ0) is 18.8. The molecule has 0 aliphatic carbocycles. The highest BCUT2D eigenvalue weighted by molar-refractivity contribution is 14.1. The number of alkyl halides is 4. The maximum absolute atomic E-state index is 3.71. The van der Waals surface area contributed by atoms with Crippen molar-refractivity contribution in [3.63, 3.8) is 0 Å². The molecule has 0 aliphatic heterocycles. The third kappa shape index (κ3) is 4.67. The highest BCUT2D eigenvalue weighted by atomic mass is 127. The van der Waals surface area contributed by atoms with E-state index < -0.39 is 0 Å². The molecule has 3 aromatic carbocycles. The van der Waals surface area contributed by atoms with Crippen LogP contribution in [0.5, 0.6) is 0 Å². The SMILES string of the molecule is Brc1cc(-c2ccccc2C(Br)Br)c(I)c(-c2ccccc2C(Br)Br)c1. The van der Waals surface area contributed by atoms with Crippen LogP contribution in [0.1, 0.15) is 18.6 Å². The maximum atomic E-state index is 3.71. The molecule has 134 valence electrons. The van der Waals surface area contributed by atoms with Crippen LogP contribution in [0.15, 0.2) is 65.1 Å². The van der Waals surface area contributed by atoms with Gasteiger partial charge in [-0.1, -0.05) is 128 Å². The lowest BCUT2D eigenvalue weighted by Gasteiger charge is -2.18. The summed E-state index contributed by atoms with van der Waals surface area (Å²) in [4.78, 5) is 0. The van der Waals surface area contributed by atoms with Crippen molar-refractivity contribution in [2.75, 3.05) is 0 Å². The van der Waals surface area contributed by atoms with Crippen LogP contribution in [0.2, 0.25) is 0 Å². The minimum absolute atomic E-state index is 0.103. The molecule has 0 bridgehead atoms. The van der Waals surface area contributed by atoms with Crippen molar-refractivity contribution in [1.29, 1.82) is 0 Å². The molecule has 0 nitrogen and oxygen atoms in total. The second-order valence-corrected chi connectivity index (χ2v) is 13.7. The van der Waals surface area contributed by atoms with Gasteiger partial charge in [-0.25, -0.2) is 0 Å². The van der Waals surface area contributed by atoms with Gasteiger partial charge in [-0.05, 0) is 68.1 Å². The molecule has 0 atom stereocenters.